The van der Waals surface area contributed by atoms with Crippen LogP contribution in [0.1, 0.15) is 17.4 Å². The molecule has 1 amide bonds. The fraction of sp³-hybridized carbons (Fsp3) is 0.500. The molecule has 0 atom stereocenters. The minimum absolute atomic E-state index is 0.0848. The minimum atomic E-state index is -0.233. The summed E-state index contributed by atoms with van der Waals surface area (Å²) in [6.07, 6.45) is 0. The van der Waals surface area contributed by atoms with Crippen molar-refractivity contribution < 1.29 is 4.79 Å². The van der Waals surface area contributed by atoms with Crippen LogP contribution in [0.3, 0.4) is 0 Å². The molecule has 1 saturated heterocycles. The fourth-order valence-corrected chi connectivity index (χ4v) is 2.01. The van der Waals surface area contributed by atoms with Gasteiger partial charge in [0.2, 0.25) is 5.56 Å². The third kappa shape index (κ3) is 2.74. The molecule has 0 radical (unpaired) electrons. The number of carbonyl (C=O) groups is 1. The molecule has 5 heteroatoms. The number of pyridine rings is 1. The van der Waals surface area contributed by atoms with Gasteiger partial charge in [0.15, 0.2) is 0 Å². The zero-order valence-corrected chi connectivity index (χ0v) is 9.98. The minimum Gasteiger partial charge on any atom is -0.335 e. The van der Waals surface area contributed by atoms with Crippen LogP contribution in [0.4, 0.5) is 0 Å². The Morgan fingerprint density at radius 2 is 2.00 bits per heavy atom. The number of aromatic amines is 1. The molecule has 92 valence electrons. The molecule has 1 aliphatic rings. The van der Waals surface area contributed by atoms with Gasteiger partial charge in [0.1, 0.15) is 5.69 Å². The van der Waals surface area contributed by atoms with E-state index in [0.717, 1.165) is 32.7 Å². The summed E-state index contributed by atoms with van der Waals surface area (Å²) in [5, 5.41) is 0. The van der Waals surface area contributed by atoms with E-state index in [4.69, 9.17) is 0 Å². The molecule has 0 aromatic carbocycles. The van der Waals surface area contributed by atoms with Crippen LogP contribution >= 0.6 is 0 Å². The number of hydrogen-bond donors (Lipinski definition) is 1. The third-order valence-electron chi connectivity index (χ3n) is 3.11. The molecule has 0 bridgehead atoms. The lowest BCUT2D eigenvalue weighted by molar-refractivity contribution is 0.0637. The van der Waals surface area contributed by atoms with Crippen molar-refractivity contribution in [3.05, 3.63) is 34.2 Å². The highest BCUT2D eigenvalue weighted by atomic mass is 16.2. The second-order valence-corrected chi connectivity index (χ2v) is 4.16. The van der Waals surface area contributed by atoms with Gasteiger partial charge < -0.3 is 14.8 Å². The van der Waals surface area contributed by atoms with Crippen molar-refractivity contribution in [1.82, 2.24) is 14.8 Å². The van der Waals surface area contributed by atoms with E-state index in [2.05, 4.69) is 16.8 Å². The largest absolute Gasteiger partial charge is 0.335 e. The molecular weight excluding hydrogens is 218 g/mol. The van der Waals surface area contributed by atoms with Crippen molar-refractivity contribution in [2.75, 3.05) is 32.7 Å². The average Bonchev–Trinajstić information content (AvgIpc) is 2.38. The first-order valence-electron chi connectivity index (χ1n) is 5.91. The Bertz CT molecular complexity index is 447. The Labute approximate surface area is 100 Å². The summed E-state index contributed by atoms with van der Waals surface area (Å²) in [7, 11) is 0. The number of amides is 1. The Morgan fingerprint density at radius 3 is 2.59 bits per heavy atom. The van der Waals surface area contributed by atoms with E-state index in [0.29, 0.717) is 5.69 Å². The molecule has 1 aromatic heterocycles. The molecule has 17 heavy (non-hydrogen) atoms. The van der Waals surface area contributed by atoms with Gasteiger partial charge in [0.25, 0.3) is 5.91 Å². The lowest BCUT2D eigenvalue weighted by atomic mass is 10.2. The number of H-pyrrole nitrogens is 1. The van der Waals surface area contributed by atoms with Crippen molar-refractivity contribution in [3.8, 4) is 0 Å². The highest BCUT2D eigenvalue weighted by molar-refractivity contribution is 5.92. The van der Waals surface area contributed by atoms with Crippen LogP contribution in [0.5, 0.6) is 0 Å². The fourth-order valence-electron chi connectivity index (χ4n) is 2.01. The first-order chi connectivity index (χ1) is 8.20. The highest BCUT2D eigenvalue weighted by Crippen LogP contribution is 2.05. The lowest BCUT2D eigenvalue weighted by Gasteiger charge is -2.33. The lowest BCUT2D eigenvalue weighted by Crippen LogP contribution is -2.48. The SMILES string of the molecule is CCN1CCN(C(=O)c2cccc(=O)[nH]2)CC1. The van der Waals surface area contributed by atoms with Crippen molar-refractivity contribution in [2.24, 2.45) is 0 Å². The van der Waals surface area contributed by atoms with E-state index in [1.165, 1.54) is 6.07 Å². The molecule has 1 aliphatic heterocycles. The van der Waals surface area contributed by atoms with E-state index < -0.39 is 0 Å². The molecule has 0 aliphatic carbocycles. The molecule has 2 rings (SSSR count). The van der Waals surface area contributed by atoms with E-state index in [1.54, 1.807) is 17.0 Å². The first kappa shape index (κ1) is 11.9. The maximum absolute atomic E-state index is 12.1. The summed E-state index contributed by atoms with van der Waals surface area (Å²) in [4.78, 5) is 29.9. The topological polar surface area (TPSA) is 56.4 Å². The van der Waals surface area contributed by atoms with Crippen LogP contribution in [-0.2, 0) is 0 Å². The molecular formula is C12H17N3O2. The first-order valence-corrected chi connectivity index (χ1v) is 5.91. The Morgan fingerprint density at radius 1 is 1.29 bits per heavy atom. The third-order valence-corrected chi connectivity index (χ3v) is 3.11. The number of carbonyl (C=O) groups excluding carboxylic acids is 1. The molecule has 5 nitrogen and oxygen atoms in total. The zero-order chi connectivity index (χ0) is 12.3. The number of likely N-dealkylation sites (N-methyl/N-ethyl adjacent to an activating group) is 1. The molecule has 0 spiro atoms. The van der Waals surface area contributed by atoms with Crippen LogP contribution in [0.2, 0.25) is 0 Å². The number of nitrogens with one attached hydrogen (secondary N) is 1. The summed E-state index contributed by atoms with van der Waals surface area (Å²) in [5.41, 5.74) is 0.144. The summed E-state index contributed by atoms with van der Waals surface area (Å²) < 4.78 is 0. The van der Waals surface area contributed by atoms with E-state index >= 15 is 0 Å². The van der Waals surface area contributed by atoms with Gasteiger partial charge in [-0.3, -0.25) is 9.59 Å². The number of nitrogens with zero attached hydrogens (tertiary/aromatic N) is 2. The van der Waals surface area contributed by atoms with Gasteiger partial charge in [-0.2, -0.15) is 0 Å². The number of aromatic nitrogens is 1. The zero-order valence-electron chi connectivity index (χ0n) is 9.98. The molecule has 1 N–H and O–H groups in total. The van der Waals surface area contributed by atoms with E-state index in [9.17, 15) is 9.59 Å². The maximum atomic E-state index is 12.1. The standard InChI is InChI=1S/C12H17N3O2/c1-2-14-6-8-15(9-7-14)12(17)10-4-3-5-11(16)13-10/h3-5H,2,6-9H2,1H3,(H,13,16). The second-order valence-electron chi connectivity index (χ2n) is 4.16. The monoisotopic (exact) mass is 235 g/mol. The summed E-state index contributed by atoms with van der Waals surface area (Å²) >= 11 is 0. The Kier molecular flexibility index (Phi) is 3.58. The summed E-state index contributed by atoms with van der Waals surface area (Å²) in [6, 6.07) is 4.66. The van der Waals surface area contributed by atoms with Gasteiger partial charge in [0.05, 0.1) is 0 Å². The summed E-state index contributed by atoms with van der Waals surface area (Å²) in [6.45, 7) is 6.39. The van der Waals surface area contributed by atoms with Crippen LogP contribution in [-0.4, -0.2) is 53.4 Å². The van der Waals surface area contributed by atoms with Crippen LogP contribution < -0.4 is 5.56 Å². The molecule has 0 saturated carbocycles. The molecule has 0 unspecified atom stereocenters. The van der Waals surface area contributed by atoms with E-state index in [1.807, 2.05) is 0 Å². The number of piperazine rings is 1. The van der Waals surface area contributed by atoms with Crippen LogP contribution in [0, 0.1) is 0 Å². The van der Waals surface area contributed by atoms with Gasteiger partial charge in [-0.05, 0) is 12.6 Å². The number of rotatable bonds is 2. The maximum Gasteiger partial charge on any atom is 0.270 e. The predicted molar refractivity (Wildman–Crippen MR) is 65.1 cm³/mol. The van der Waals surface area contributed by atoms with Crippen molar-refractivity contribution in [2.45, 2.75) is 6.92 Å². The van der Waals surface area contributed by atoms with Crippen molar-refractivity contribution >= 4 is 5.91 Å². The van der Waals surface area contributed by atoms with Crippen LogP contribution in [0.25, 0.3) is 0 Å². The van der Waals surface area contributed by atoms with Gasteiger partial charge in [-0.15, -0.1) is 0 Å². The molecule has 2 heterocycles. The smallest absolute Gasteiger partial charge is 0.270 e. The Hall–Kier alpha value is -1.62. The average molecular weight is 235 g/mol. The van der Waals surface area contributed by atoms with Crippen molar-refractivity contribution in [3.63, 3.8) is 0 Å². The van der Waals surface area contributed by atoms with Gasteiger partial charge in [-0.25, -0.2) is 0 Å². The quantitative estimate of drug-likeness (QED) is 0.794. The Balaban J connectivity index is 2.04. The van der Waals surface area contributed by atoms with Gasteiger partial charge in [0, 0.05) is 32.2 Å². The number of hydrogen-bond acceptors (Lipinski definition) is 3. The van der Waals surface area contributed by atoms with Crippen LogP contribution in [0.15, 0.2) is 23.0 Å². The van der Waals surface area contributed by atoms with Crippen molar-refractivity contribution in [1.29, 1.82) is 0 Å². The molecule has 1 aromatic rings. The van der Waals surface area contributed by atoms with Gasteiger partial charge in [-0.1, -0.05) is 13.0 Å². The highest BCUT2D eigenvalue weighted by Gasteiger charge is 2.21. The van der Waals surface area contributed by atoms with Gasteiger partial charge >= 0.3 is 0 Å². The normalized spacial score (nSPS) is 17.1. The second kappa shape index (κ2) is 5.14. The molecule has 1 fully saturated rings. The predicted octanol–water partition coefficient (Wildman–Crippen LogP) is 0.153. The summed E-state index contributed by atoms with van der Waals surface area (Å²) in [5.74, 6) is -0.0848. The van der Waals surface area contributed by atoms with E-state index in [-0.39, 0.29) is 11.5 Å².